The lowest BCUT2D eigenvalue weighted by molar-refractivity contribution is 0.477. The molecule has 1 aliphatic heterocycles. The highest BCUT2D eigenvalue weighted by Crippen LogP contribution is 2.24. The van der Waals surface area contributed by atoms with Crippen LogP contribution < -0.4 is 5.76 Å². The summed E-state index contributed by atoms with van der Waals surface area (Å²) >= 11 is 5.89. The number of oxazole rings is 1. The lowest BCUT2D eigenvalue weighted by atomic mass is 10.2. The molecule has 4 rings (SSSR count). The Kier molecular flexibility index (Phi) is 4.38. The molecule has 0 N–H and O–H groups in total. The Morgan fingerprint density at radius 3 is 2.42 bits per heavy atom. The van der Waals surface area contributed by atoms with Gasteiger partial charge in [0.25, 0.3) is 0 Å². The first-order valence-corrected chi connectivity index (χ1v) is 10.1. The topological polar surface area (TPSA) is 72.5 Å². The third-order valence-electron chi connectivity index (χ3n) is 4.60. The Labute approximate surface area is 155 Å². The van der Waals surface area contributed by atoms with E-state index in [1.807, 2.05) is 12.1 Å². The third-order valence-corrected chi connectivity index (χ3v) is 6.74. The maximum Gasteiger partial charge on any atom is 0.420 e. The minimum atomic E-state index is -3.55. The number of hydrogen-bond donors (Lipinski definition) is 0. The molecular formula is C18H17ClN2O4S. The molecule has 0 atom stereocenters. The van der Waals surface area contributed by atoms with Crippen LogP contribution in [0, 0.1) is 0 Å². The van der Waals surface area contributed by atoms with Gasteiger partial charge in [0.05, 0.1) is 17.0 Å². The van der Waals surface area contributed by atoms with E-state index < -0.39 is 15.8 Å². The van der Waals surface area contributed by atoms with Gasteiger partial charge in [-0.25, -0.2) is 13.2 Å². The highest BCUT2D eigenvalue weighted by atomic mass is 35.5. The van der Waals surface area contributed by atoms with E-state index in [9.17, 15) is 13.2 Å². The van der Waals surface area contributed by atoms with Gasteiger partial charge in [-0.1, -0.05) is 23.7 Å². The molecule has 1 aromatic heterocycles. The molecule has 6 nitrogen and oxygen atoms in total. The van der Waals surface area contributed by atoms with Crippen LogP contribution in [-0.4, -0.2) is 30.4 Å². The van der Waals surface area contributed by atoms with Crippen molar-refractivity contribution >= 4 is 32.7 Å². The summed E-state index contributed by atoms with van der Waals surface area (Å²) in [5.41, 5.74) is 1.72. The first-order chi connectivity index (χ1) is 12.4. The zero-order valence-corrected chi connectivity index (χ0v) is 15.5. The van der Waals surface area contributed by atoms with Crippen molar-refractivity contribution in [3.05, 3.63) is 63.6 Å². The molecule has 136 valence electrons. The van der Waals surface area contributed by atoms with E-state index in [4.69, 9.17) is 16.0 Å². The smallest absolute Gasteiger partial charge is 0.408 e. The molecule has 0 saturated carbocycles. The summed E-state index contributed by atoms with van der Waals surface area (Å²) in [5.74, 6) is -0.523. The summed E-state index contributed by atoms with van der Waals surface area (Å²) in [6, 6.07) is 11.8. The number of halogens is 1. The minimum Gasteiger partial charge on any atom is -0.408 e. The lowest BCUT2D eigenvalue weighted by Crippen LogP contribution is -2.27. The summed E-state index contributed by atoms with van der Waals surface area (Å²) in [4.78, 5) is 12.4. The van der Waals surface area contributed by atoms with Gasteiger partial charge in [0.2, 0.25) is 10.0 Å². The molecule has 0 radical (unpaired) electrons. The van der Waals surface area contributed by atoms with Crippen molar-refractivity contribution in [2.24, 2.45) is 0 Å². The van der Waals surface area contributed by atoms with Crippen LogP contribution >= 0.6 is 11.6 Å². The van der Waals surface area contributed by atoms with E-state index in [0.29, 0.717) is 30.2 Å². The summed E-state index contributed by atoms with van der Waals surface area (Å²) in [6.07, 6.45) is 1.74. The van der Waals surface area contributed by atoms with Gasteiger partial charge in [0.15, 0.2) is 5.58 Å². The molecule has 0 unspecified atom stereocenters. The molecule has 2 aromatic carbocycles. The molecular weight excluding hydrogens is 376 g/mol. The van der Waals surface area contributed by atoms with Gasteiger partial charge >= 0.3 is 5.76 Å². The fourth-order valence-corrected chi connectivity index (χ4v) is 4.87. The van der Waals surface area contributed by atoms with Crippen LogP contribution in [0.5, 0.6) is 0 Å². The Balaban J connectivity index is 1.72. The fraction of sp³-hybridized carbons (Fsp3) is 0.278. The van der Waals surface area contributed by atoms with Gasteiger partial charge in [-0.2, -0.15) is 4.31 Å². The summed E-state index contributed by atoms with van der Waals surface area (Å²) in [7, 11) is -3.55. The summed E-state index contributed by atoms with van der Waals surface area (Å²) < 4.78 is 33.6. The molecule has 1 saturated heterocycles. The number of hydrogen-bond acceptors (Lipinski definition) is 4. The van der Waals surface area contributed by atoms with Gasteiger partial charge < -0.3 is 4.42 Å². The minimum absolute atomic E-state index is 0.152. The van der Waals surface area contributed by atoms with E-state index in [-0.39, 0.29) is 10.5 Å². The van der Waals surface area contributed by atoms with E-state index in [2.05, 4.69) is 0 Å². The van der Waals surface area contributed by atoms with Crippen LogP contribution in [-0.2, 0) is 16.6 Å². The SMILES string of the molecule is O=c1oc2cc(S(=O)(=O)N3CCCC3)ccc2n1Cc1ccc(Cl)cc1. The Bertz CT molecular complexity index is 1110. The van der Waals surface area contributed by atoms with Crippen molar-refractivity contribution in [1.82, 2.24) is 8.87 Å². The van der Waals surface area contributed by atoms with Crippen molar-refractivity contribution < 1.29 is 12.8 Å². The molecule has 8 heteroatoms. The predicted molar refractivity (Wildman–Crippen MR) is 99.0 cm³/mol. The Morgan fingerprint density at radius 2 is 1.73 bits per heavy atom. The molecule has 0 spiro atoms. The number of rotatable bonds is 4. The standard InChI is InChI=1S/C18H17ClN2O4S/c19-14-5-3-13(4-6-14)12-21-16-8-7-15(11-17(16)25-18(21)22)26(23,24)20-9-1-2-10-20/h3-8,11H,1-2,9-10,12H2. The highest BCUT2D eigenvalue weighted by Gasteiger charge is 2.28. The monoisotopic (exact) mass is 392 g/mol. The van der Waals surface area contributed by atoms with Crippen LogP contribution in [0.4, 0.5) is 0 Å². The number of sulfonamides is 1. The summed E-state index contributed by atoms with van der Waals surface area (Å²) in [6.45, 7) is 1.38. The molecule has 2 heterocycles. The van der Waals surface area contributed by atoms with Crippen LogP contribution in [0.2, 0.25) is 5.02 Å². The molecule has 0 aliphatic carbocycles. The largest absolute Gasteiger partial charge is 0.420 e. The van der Waals surface area contributed by atoms with Crippen LogP contribution in [0.3, 0.4) is 0 Å². The third kappa shape index (κ3) is 3.06. The summed E-state index contributed by atoms with van der Waals surface area (Å²) in [5, 5.41) is 0.620. The predicted octanol–water partition coefficient (Wildman–Crippen LogP) is 3.08. The normalized spacial score (nSPS) is 15.7. The van der Waals surface area contributed by atoms with Crippen molar-refractivity contribution in [1.29, 1.82) is 0 Å². The van der Waals surface area contributed by atoms with Crippen molar-refractivity contribution in [2.75, 3.05) is 13.1 Å². The molecule has 0 bridgehead atoms. The van der Waals surface area contributed by atoms with Crippen molar-refractivity contribution in [3.8, 4) is 0 Å². The van der Waals surface area contributed by atoms with Crippen molar-refractivity contribution in [2.45, 2.75) is 24.3 Å². The van der Waals surface area contributed by atoms with Gasteiger partial charge in [-0.15, -0.1) is 0 Å². The first-order valence-electron chi connectivity index (χ1n) is 8.33. The average Bonchev–Trinajstić information content (AvgIpc) is 3.25. The zero-order valence-electron chi connectivity index (χ0n) is 13.9. The van der Waals surface area contributed by atoms with Gasteiger partial charge in [0.1, 0.15) is 0 Å². The van der Waals surface area contributed by atoms with E-state index in [1.165, 1.54) is 21.0 Å². The molecule has 3 aromatic rings. The van der Waals surface area contributed by atoms with Crippen LogP contribution in [0.1, 0.15) is 18.4 Å². The van der Waals surface area contributed by atoms with Crippen LogP contribution in [0.25, 0.3) is 11.1 Å². The van der Waals surface area contributed by atoms with Gasteiger partial charge in [-0.05, 0) is 42.7 Å². The molecule has 26 heavy (non-hydrogen) atoms. The number of nitrogens with zero attached hydrogens (tertiary/aromatic N) is 2. The first kappa shape index (κ1) is 17.3. The second-order valence-corrected chi connectivity index (χ2v) is 8.70. The van der Waals surface area contributed by atoms with Crippen LogP contribution in [0.15, 0.2) is 56.6 Å². The molecule has 1 aliphatic rings. The number of aromatic nitrogens is 1. The van der Waals surface area contributed by atoms with Gasteiger partial charge in [0, 0.05) is 24.2 Å². The maximum absolute atomic E-state index is 12.7. The zero-order chi connectivity index (χ0) is 18.3. The van der Waals surface area contributed by atoms with E-state index in [0.717, 1.165) is 18.4 Å². The average molecular weight is 393 g/mol. The van der Waals surface area contributed by atoms with Crippen molar-refractivity contribution in [3.63, 3.8) is 0 Å². The number of fused-ring (bicyclic) bond motifs is 1. The van der Waals surface area contributed by atoms with E-state index in [1.54, 1.807) is 18.2 Å². The van der Waals surface area contributed by atoms with Gasteiger partial charge in [-0.3, -0.25) is 4.57 Å². The Hall–Kier alpha value is -2.09. The maximum atomic E-state index is 12.7. The molecule has 1 fully saturated rings. The van der Waals surface area contributed by atoms with E-state index >= 15 is 0 Å². The lowest BCUT2D eigenvalue weighted by Gasteiger charge is -2.15. The quantitative estimate of drug-likeness (QED) is 0.684. The highest BCUT2D eigenvalue weighted by molar-refractivity contribution is 7.89. The fourth-order valence-electron chi connectivity index (χ4n) is 3.21. The second kappa shape index (κ2) is 6.57. The number of benzene rings is 2. The Morgan fingerprint density at radius 1 is 1.04 bits per heavy atom. The molecule has 0 amide bonds. The second-order valence-electron chi connectivity index (χ2n) is 6.32.